The maximum atomic E-state index is 14.6. The van der Waals surface area contributed by atoms with E-state index in [1.807, 2.05) is 0 Å². The van der Waals surface area contributed by atoms with Gasteiger partial charge in [0.25, 0.3) is 11.8 Å². The lowest BCUT2D eigenvalue weighted by Crippen LogP contribution is -2.44. The van der Waals surface area contributed by atoms with Crippen molar-refractivity contribution in [1.82, 2.24) is 19.9 Å². The highest BCUT2D eigenvalue weighted by molar-refractivity contribution is 6.00. The molecule has 12 heteroatoms. The molecule has 2 aromatic heterocycles. The van der Waals surface area contributed by atoms with E-state index in [0.29, 0.717) is 19.0 Å². The molecule has 3 heterocycles. The van der Waals surface area contributed by atoms with Crippen LogP contribution in [0.3, 0.4) is 0 Å². The summed E-state index contributed by atoms with van der Waals surface area (Å²) >= 11 is 0. The third-order valence-corrected chi connectivity index (χ3v) is 5.17. The summed E-state index contributed by atoms with van der Waals surface area (Å²) in [6.45, 7) is 0.239. The normalized spacial score (nSPS) is 16.4. The molecule has 0 N–H and O–H groups in total. The minimum absolute atomic E-state index is 0.0405. The first-order valence-corrected chi connectivity index (χ1v) is 10.1. The Balaban J connectivity index is 1.54. The second kappa shape index (κ2) is 9.27. The SMILES string of the molecule is O=C(c1cccc(F)c1-c1ncc(F)cn1)N1CCCC(Oc2ncc(C(F)(F)F)cc2F)C1. The summed E-state index contributed by atoms with van der Waals surface area (Å²) in [4.78, 5) is 25.5. The molecule has 4 rings (SSSR count). The van der Waals surface area contributed by atoms with E-state index in [1.165, 1.54) is 17.0 Å². The average Bonchev–Trinajstić information content (AvgIpc) is 2.80. The number of rotatable bonds is 4. The first-order valence-electron chi connectivity index (χ1n) is 10.1. The van der Waals surface area contributed by atoms with Crippen molar-refractivity contribution in [2.24, 2.45) is 0 Å². The number of likely N-dealkylation sites (tertiary alicyclic amines) is 1. The molecule has 178 valence electrons. The number of carbonyl (C=O) groups is 1. The van der Waals surface area contributed by atoms with Gasteiger partial charge in [-0.2, -0.15) is 13.2 Å². The number of carbonyl (C=O) groups excluding carboxylic acids is 1. The quantitative estimate of drug-likeness (QED) is 0.506. The van der Waals surface area contributed by atoms with Gasteiger partial charge in [0.05, 0.1) is 35.6 Å². The molecule has 3 aromatic rings. The Labute approximate surface area is 189 Å². The number of hydrogen-bond donors (Lipinski definition) is 0. The number of nitrogens with zero attached hydrogens (tertiary/aromatic N) is 4. The van der Waals surface area contributed by atoms with Crippen molar-refractivity contribution in [1.29, 1.82) is 0 Å². The van der Waals surface area contributed by atoms with Gasteiger partial charge in [0.1, 0.15) is 11.9 Å². The summed E-state index contributed by atoms with van der Waals surface area (Å²) in [5, 5.41) is 0. The molecule has 0 aliphatic carbocycles. The number of alkyl halides is 3. The highest BCUT2D eigenvalue weighted by Crippen LogP contribution is 2.31. The molecular formula is C22H16F6N4O2. The molecule has 1 aromatic carbocycles. The van der Waals surface area contributed by atoms with Crippen molar-refractivity contribution in [3.05, 3.63) is 71.4 Å². The van der Waals surface area contributed by atoms with Crippen molar-refractivity contribution in [3.8, 4) is 17.3 Å². The van der Waals surface area contributed by atoms with Crippen LogP contribution in [0.4, 0.5) is 26.3 Å². The molecule has 0 saturated carbocycles. The van der Waals surface area contributed by atoms with Gasteiger partial charge in [-0.25, -0.2) is 28.1 Å². The molecule has 1 saturated heterocycles. The zero-order valence-corrected chi connectivity index (χ0v) is 17.3. The smallest absolute Gasteiger partial charge is 0.417 e. The zero-order valence-electron chi connectivity index (χ0n) is 17.3. The van der Waals surface area contributed by atoms with Crippen LogP contribution in [0.25, 0.3) is 11.4 Å². The van der Waals surface area contributed by atoms with Crippen LogP contribution in [-0.4, -0.2) is 45.0 Å². The Hall–Kier alpha value is -3.70. The Morgan fingerprint density at radius 2 is 1.76 bits per heavy atom. The van der Waals surface area contributed by atoms with E-state index < -0.39 is 47.1 Å². The van der Waals surface area contributed by atoms with Crippen LogP contribution in [-0.2, 0) is 6.18 Å². The Morgan fingerprint density at radius 1 is 1.03 bits per heavy atom. The van der Waals surface area contributed by atoms with Gasteiger partial charge in [-0.3, -0.25) is 4.79 Å². The van der Waals surface area contributed by atoms with Crippen molar-refractivity contribution < 1.29 is 35.9 Å². The van der Waals surface area contributed by atoms with Gasteiger partial charge < -0.3 is 9.64 Å². The lowest BCUT2D eigenvalue weighted by atomic mass is 10.0. The molecule has 1 fully saturated rings. The highest BCUT2D eigenvalue weighted by atomic mass is 19.4. The number of benzene rings is 1. The van der Waals surface area contributed by atoms with Crippen LogP contribution in [0.15, 0.2) is 42.9 Å². The molecule has 0 spiro atoms. The Kier molecular flexibility index (Phi) is 6.40. The molecule has 1 atom stereocenters. The maximum absolute atomic E-state index is 14.6. The first kappa shape index (κ1) is 23.5. The third kappa shape index (κ3) is 4.95. The molecule has 0 bridgehead atoms. The minimum Gasteiger partial charge on any atom is -0.470 e. The summed E-state index contributed by atoms with van der Waals surface area (Å²) in [6.07, 6.45) is -2.52. The summed E-state index contributed by atoms with van der Waals surface area (Å²) in [5.74, 6) is -4.16. The predicted molar refractivity (Wildman–Crippen MR) is 106 cm³/mol. The van der Waals surface area contributed by atoms with Gasteiger partial charge in [0, 0.05) is 12.7 Å². The first-order chi connectivity index (χ1) is 16.1. The number of piperidine rings is 1. The summed E-state index contributed by atoms with van der Waals surface area (Å²) < 4.78 is 85.5. The summed E-state index contributed by atoms with van der Waals surface area (Å²) in [7, 11) is 0. The Morgan fingerprint density at radius 3 is 2.44 bits per heavy atom. The van der Waals surface area contributed by atoms with Crippen LogP contribution >= 0.6 is 0 Å². The number of hydrogen-bond acceptors (Lipinski definition) is 5. The van der Waals surface area contributed by atoms with Crippen LogP contribution in [0, 0.1) is 17.5 Å². The van der Waals surface area contributed by atoms with Crippen LogP contribution in [0.1, 0.15) is 28.8 Å². The van der Waals surface area contributed by atoms with E-state index >= 15 is 0 Å². The molecule has 1 aliphatic heterocycles. The molecule has 6 nitrogen and oxygen atoms in total. The van der Waals surface area contributed by atoms with Gasteiger partial charge in [-0.05, 0) is 31.0 Å². The fraction of sp³-hybridized carbons (Fsp3) is 0.273. The Bertz CT molecular complexity index is 1200. The van der Waals surface area contributed by atoms with Crippen LogP contribution in [0.2, 0.25) is 0 Å². The van der Waals surface area contributed by atoms with Gasteiger partial charge in [0.2, 0.25) is 0 Å². The second-order valence-electron chi connectivity index (χ2n) is 7.53. The van der Waals surface area contributed by atoms with Crippen molar-refractivity contribution >= 4 is 5.91 Å². The van der Waals surface area contributed by atoms with E-state index in [4.69, 9.17) is 4.74 Å². The predicted octanol–water partition coefficient (Wildman–Crippen LogP) is 4.66. The monoisotopic (exact) mass is 482 g/mol. The zero-order chi connectivity index (χ0) is 24.5. The van der Waals surface area contributed by atoms with E-state index in [1.54, 1.807) is 0 Å². The molecule has 1 amide bonds. The van der Waals surface area contributed by atoms with Gasteiger partial charge in [-0.1, -0.05) is 6.07 Å². The number of pyridine rings is 1. The lowest BCUT2D eigenvalue weighted by Gasteiger charge is -2.33. The number of amides is 1. The van der Waals surface area contributed by atoms with Gasteiger partial charge in [-0.15, -0.1) is 0 Å². The molecular weight excluding hydrogens is 466 g/mol. The molecule has 34 heavy (non-hydrogen) atoms. The summed E-state index contributed by atoms with van der Waals surface area (Å²) in [6, 6.07) is 4.10. The standard InChI is InChI=1S/C22H16F6N4O2/c23-13-9-29-19(30-10-13)18-15(4-1-5-16(18)24)21(33)32-6-2-3-14(11-32)34-20-17(25)7-12(8-31-20)22(26,27)28/h1,4-5,7-10,14H,2-3,6,11H2. The van der Waals surface area contributed by atoms with Gasteiger partial charge in [0.15, 0.2) is 17.5 Å². The highest BCUT2D eigenvalue weighted by Gasteiger charge is 2.33. The number of ether oxygens (including phenoxy) is 1. The number of aromatic nitrogens is 3. The van der Waals surface area contributed by atoms with Crippen LogP contribution in [0.5, 0.6) is 5.88 Å². The largest absolute Gasteiger partial charge is 0.470 e. The second-order valence-corrected chi connectivity index (χ2v) is 7.53. The van der Waals surface area contributed by atoms with E-state index in [2.05, 4.69) is 15.0 Å². The fourth-order valence-electron chi connectivity index (χ4n) is 3.59. The lowest BCUT2D eigenvalue weighted by molar-refractivity contribution is -0.138. The van der Waals surface area contributed by atoms with E-state index in [9.17, 15) is 31.1 Å². The number of halogens is 6. The van der Waals surface area contributed by atoms with Crippen molar-refractivity contribution in [3.63, 3.8) is 0 Å². The van der Waals surface area contributed by atoms with Crippen LogP contribution < -0.4 is 4.74 Å². The van der Waals surface area contributed by atoms with Gasteiger partial charge >= 0.3 is 6.18 Å². The maximum Gasteiger partial charge on any atom is 0.417 e. The topological polar surface area (TPSA) is 68.2 Å². The van der Waals surface area contributed by atoms with Crippen molar-refractivity contribution in [2.45, 2.75) is 25.1 Å². The summed E-state index contributed by atoms with van der Waals surface area (Å²) in [5.41, 5.74) is -1.52. The minimum atomic E-state index is -4.75. The van der Waals surface area contributed by atoms with E-state index in [0.717, 1.165) is 18.5 Å². The van der Waals surface area contributed by atoms with E-state index in [-0.39, 0.29) is 36.1 Å². The molecule has 1 aliphatic rings. The van der Waals surface area contributed by atoms with Crippen molar-refractivity contribution in [2.75, 3.05) is 13.1 Å². The third-order valence-electron chi connectivity index (χ3n) is 5.17. The molecule has 1 unspecified atom stereocenters. The fourth-order valence-corrected chi connectivity index (χ4v) is 3.59. The average molecular weight is 482 g/mol. The molecule has 0 radical (unpaired) electrons.